The van der Waals surface area contributed by atoms with Gasteiger partial charge in [0.25, 0.3) is 0 Å². The highest BCUT2D eigenvalue weighted by Crippen LogP contribution is 2.34. The minimum Gasteiger partial charge on any atom is -0.481 e. The molecule has 1 aromatic carbocycles. The molecule has 0 spiro atoms. The monoisotopic (exact) mass is 282 g/mol. The maximum absolute atomic E-state index is 12.2. The van der Waals surface area contributed by atoms with E-state index in [0.717, 1.165) is 6.07 Å². The average Bonchev–Trinajstić information content (AvgIpc) is 2.28. The molecular formula is C11H10F4O4. The highest BCUT2D eigenvalue weighted by Gasteiger charge is 2.18. The first kappa shape index (κ1) is 15.1. The predicted molar refractivity (Wildman–Crippen MR) is 55.7 cm³/mol. The van der Waals surface area contributed by atoms with Crippen LogP contribution in [0.25, 0.3) is 0 Å². The summed E-state index contributed by atoms with van der Waals surface area (Å²) < 4.78 is 56.9. The van der Waals surface area contributed by atoms with Crippen LogP contribution in [0.3, 0.4) is 0 Å². The second-order valence-electron chi connectivity index (χ2n) is 3.40. The van der Waals surface area contributed by atoms with Gasteiger partial charge in [0.1, 0.15) is 0 Å². The highest BCUT2D eigenvalue weighted by atomic mass is 19.3. The molecule has 0 aliphatic carbocycles. The quantitative estimate of drug-likeness (QED) is 0.781. The molecule has 106 valence electrons. The largest absolute Gasteiger partial charge is 0.481 e. The maximum atomic E-state index is 12.2. The number of hydrogen-bond acceptors (Lipinski definition) is 3. The first-order valence-electron chi connectivity index (χ1n) is 5.13. The zero-order valence-corrected chi connectivity index (χ0v) is 9.48. The average molecular weight is 282 g/mol. The Morgan fingerprint density at radius 1 is 1.16 bits per heavy atom. The summed E-state index contributed by atoms with van der Waals surface area (Å²) in [6, 6.07) is 3.63. The summed E-state index contributed by atoms with van der Waals surface area (Å²) in [5.74, 6) is -2.28. The van der Waals surface area contributed by atoms with Crippen LogP contribution in [0, 0.1) is 0 Å². The van der Waals surface area contributed by atoms with Gasteiger partial charge in [0, 0.05) is 6.42 Å². The number of hydrogen-bond donors (Lipinski definition) is 1. The van der Waals surface area contributed by atoms with Gasteiger partial charge in [-0.25, -0.2) is 0 Å². The molecule has 0 aliphatic heterocycles. The van der Waals surface area contributed by atoms with E-state index in [1.807, 2.05) is 0 Å². The van der Waals surface area contributed by atoms with Crippen molar-refractivity contribution in [3.8, 4) is 11.5 Å². The summed E-state index contributed by atoms with van der Waals surface area (Å²) in [5.41, 5.74) is 0.0563. The van der Waals surface area contributed by atoms with Crippen LogP contribution in [0.5, 0.6) is 11.5 Å². The van der Waals surface area contributed by atoms with Crippen molar-refractivity contribution in [3.05, 3.63) is 23.8 Å². The van der Waals surface area contributed by atoms with Crippen molar-refractivity contribution >= 4 is 5.97 Å². The standard InChI is InChI=1S/C11H10F4O4/c12-10(13)18-7-3-1-2-6(4-5-8(16)17)9(7)19-11(14)15/h1-3,10-11H,4-5H2,(H,16,17). The molecule has 0 saturated carbocycles. The number of para-hydroxylation sites is 1. The summed E-state index contributed by atoms with van der Waals surface area (Å²) in [5, 5.41) is 8.52. The lowest BCUT2D eigenvalue weighted by atomic mass is 10.1. The lowest BCUT2D eigenvalue weighted by molar-refractivity contribution is -0.136. The van der Waals surface area contributed by atoms with E-state index < -0.39 is 30.7 Å². The van der Waals surface area contributed by atoms with Gasteiger partial charge in [0.2, 0.25) is 0 Å². The third-order valence-corrected chi connectivity index (χ3v) is 2.09. The van der Waals surface area contributed by atoms with Gasteiger partial charge in [-0.1, -0.05) is 12.1 Å². The second kappa shape index (κ2) is 6.81. The number of ether oxygens (including phenoxy) is 2. The maximum Gasteiger partial charge on any atom is 0.387 e. The Labute approximate surface area is 105 Å². The highest BCUT2D eigenvalue weighted by molar-refractivity contribution is 5.67. The van der Waals surface area contributed by atoms with Crippen molar-refractivity contribution in [2.24, 2.45) is 0 Å². The van der Waals surface area contributed by atoms with Crippen molar-refractivity contribution in [1.82, 2.24) is 0 Å². The van der Waals surface area contributed by atoms with Gasteiger partial charge in [-0.2, -0.15) is 17.6 Å². The van der Waals surface area contributed by atoms with E-state index in [4.69, 9.17) is 5.11 Å². The molecule has 19 heavy (non-hydrogen) atoms. The number of aliphatic carboxylic acids is 1. The number of carboxylic acids is 1. The lowest BCUT2D eigenvalue weighted by Crippen LogP contribution is -2.10. The van der Waals surface area contributed by atoms with Crippen molar-refractivity contribution in [3.63, 3.8) is 0 Å². The number of benzene rings is 1. The molecule has 0 atom stereocenters. The Hall–Kier alpha value is -1.99. The topological polar surface area (TPSA) is 55.8 Å². The third-order valence-electron chi connectivity index (χ3n) is 2.09. The van der Waals surface area contributed by atoms with E-state index >= 15 is 0 Å². The van der Waals surface area contributed by atoms with Crippen LogP contribution in [0.4, 0.5) is 17.6 Å². The molecule has 0 aliphatic rings. The van der Waals surface area contributed by atoms with Crippen molar-refractivity contribution in [1.29, 1.82) is 0 Å². The first-order chi connectivity index (χ1) is 8.90. The van der Waals surface area contributed by atoms with E-state index in [9.17, 15) is 22.4 Å². The molecule has 0 unspecified atom stereocenters. The van der Waals surface area contributed by atoms with E-state index in [0.29, 0.717) is 0 Å². The Bertz CT molecular complexity index is 437. The Morgan fingerprint density at radius 2 is 1.79 bits per heavy atom. The smallest absolute Gasteiger partial charge is 0.387 e. The van der Waals surface area contributed by atoms with E-state index in [-0.39, 0.29) is 18.4 Å². The number of halogens is 4. The number of rotatable bonds is 7. The van der Waals surface area contributed by atoms with Crippen LogP contribution < -0.4 is 9.47 Å². The van der Waals surface area contributed by atoms with Crippen LogP contribution in [0.15, 0.2) is 18.2 Å². The third kappa shape index (κ3) is 5.02. The summed E-state index contributed by atoms with van der Waals surface area (Å²) in [4.78, 5) is 10.4. The summed E-state index contributed by atoms with van der Waals surface area (Å²) >= 11 is 0. The summed E-state index contributed by atoms with van der Waals surface area (Å²) in [7, 11) is 0. The molecule has 0 aromatic heterocycles. The molecule has 0 saturated heterocycles. The zero-order valence-electron chi connectivity index (χ0n) is 9.48. The van der Waals surface area contributed by atoms with Gasteiger partial charge in [-0.05, 0) is 18.1 Å². The van der Waals surface area contributed by atoms with Crippen LogP contribution in [-0.2, 0) is 11.2 Å². The predicted octanol–water partition coefficient (Wildman–Crippen LogP) is 2.91. The summed E-state index contributed by atoms with van der Waals surface area (Å²) in [6.07, 6.45) is -0.491. The SMILES string of the molecule is O=C(O)CCc1cccc(OC(F)F)c1OC(F)F. The normalized spacial score (nSPS) is 10.8. The first-order valence-corrected chi connectivity index (χ1v) is 5.13. The van der Waals surface area contributed by atoms with Crippen molar-refractivity contribution in [2.45, 2.75) is 26.1 Å². The molecule has 4 nitrogen and oxygen atoms in total. The van der Waals surface area contributed by atoms with Gasteiger partial charge in [-0.15, -0.1) is 0 Å². The molecule has 1 aromatic rings. The number of carboxylic acid groups (broad SMARTS) is 1. The van der Waals surface area contributed by atoms with Gasteiger partial charge >= 0.3 is 19.2 Å². The Balaban J connectivity index is 3.02. The summed E-state index contributed by atoms with van der Waals surface area (Å²) in [6.45, 7) is -6.43. The number of carbonyl (C=O) groups is 1. The van der Waals surface area contributed by atoms with E-state index in [1.54, 1.807) is 0 Å². The minimum absolute atomic E-state index is 0.0563. The van der Waals surface area contributed by atoms with E-state index in [2.05, 4.69) is 9.47 Å². The Morgan fingerprint density at radius 3 is 2.32 bits per heavy atom. The van der Waals surface area contributed by atoms with E-state index in [1.165, 1.54) is 12.1 Å². The van der Waals surface area contributed by atoms with Crippen LogP contribution in [0.1, 0.15) is 12.0 Å². The zero-order chi connectivity index (χ0) is 14.4. The molecular weight excluding hydrogens is 272 g/mol. The fourth-order valence-electron chi connectivity index (χ4n) is 1.41. The van der Waals surface area contributed by atoms with Gasteiger partial charge in [0.15, 0.2) is 11.5 Å². The molecule has 1 N–H and O–H groups in total. The number of aryl methyl sites for hydroxylation is 1. The molecule has 0 amide bonds. The molecule has 0 heterocycles. The molecule has 0 bridgehead atoms. The lowest BCUT2D eigenvalue weighted by Gasteiger charge is -2.15. The molecule has 0 radical (unpaired) electrons. The van der Waals surface area contributed by atoms with Gasteiger partial charge < -0.3 is 14.6 Å². The molecule has 1 rings (SSSR count). The van der Waals surface area contributed by atoms with Crippen LogP contribution in [-0.4, -0.2) is 24.3 Å². The van der Waals surface area contributed by atoms with Crippen molar-refractivity contribution in [2.75, 3.05) is 0 Å². The fourth-order valence-corrected chi connectivity index (χ4v) is 1.41. The number of alkyl halides is 4. The Kier molecular flexibility index (Phi) is 5.40. The van der Waals surface area contributed by atoms with Crippen LogP contribution in [0.2, 0.25) is 0 Å². The van der Waals surface area contributed by atoms with Crippen LogP contribution >= 0.6 is 0 Å². The minimum atomic E-state index is -3.23. The van der Waals surface area contributed by atoms with Crippen molar-refractivity contribution < 1.29 is 36.9 Å². The van der Waals surface area contributed by atoms with Gasteiger partial charge in [-0.3, -0.25) is 4.79 Å². The fraction of sp³-hybridized carbons (Fsp3) is 0.364. The molecule has 0 fully saturated rings. The second-order valence-corrected chi connectivity index (χ2v) is 3.40. The molecule has 8 heteroatoms. The van der Waals surface area contributed by atoms with Gasteiger partial charge in [0.05, 0.1) is 0 Å².